The van der Waals surface area contributed by atoms with Crippen molar-refractivity contribution in [3.05, 3.63) is 51.2 Å². The number of benzene rings is 1. The van der Waals surface area contributed by atoms with Crippen LogP contribution in [-0.4, -0.2) is 20.1 Å². The summed E-state index contributed by atoms with van der Waals surface area (Å²) < 4.78 is 27.5. The first-order valence-corrected chi connectivity index (χ1v) is 8.63. The molecule has 1 heterocycles. The number of halogens is 1. The lowest BCUT2D eigenvalue weighted by molar-refractivity contribution is 0.278. The van der Waals surface area contributed by atoms with Gasteiger partial charge in [0.2, 0.25) is 10.0 Å². The molecule has 20 heavy (non-hydrogen) atoms. The first kappa shape index (κ1) is 15.5. The molecule has 0 saturated heterocycles. The summed E-state index contributed by atoms with van der Waals surface area (Å²) in [4.78, 5) is 1.14. The zero-order chi connectivity index (χ0) is 14.6. The molecule has 2 rings (SSSR count). The van der Waals surface area contributed by atoms with Crippen LogP contribution in [0.4, 0.5) is 0 Å². The highest BCUT2D eigenvalue weighted by atomic mass is 35.5. The van der Waals surface area contributed by atoms with Crippen LogP contribution in [0.2, 0.25) is 4.34 Å². The van der Waals surface area contributed by atoms with E-state index in [2.05, 4.69) is 4.72 Å². The highest BCUT2D eigenvalue weighted by molar-refractivity contribution is 7.89. The molecule has 0 spiro atoms. The van der Waals surface area contributed by atoms with Crippen LogP contribution in [0.15, 0.2) is 41.3 Å². The van der Waals surface area contributed by atoms with Gasteiger partial charge in [-0.25, -0.2) is 13.1 Å². The second-order valence-electron chi connectivity index (χ2n) is 4.12. The highest BCUT2D eigenvalue weighted by Crippen LogP contribution is 2.21. The molecule has 7 heteroatoms. The molecule has 0 aliphatic carbocycles. The Labute approximate surface area is 127 Å². The summed E-state index contributed by atoms with van der Waals surface area (Å²) in [6, 6.07) is 10.1. The predicted molar refractivity (Wildman–Crippen MR) is 80.6 cm³/mol. The highest BCUT2D eigenvalue weighted by Gasteiger charge is 2.17. The maximum Gasteiger partial charge on any atom is 0.240 e. The largest absolute Gasteiger partial charge is 0.392 e. The molecule has 0 atom stereocenters. The van der Waals surface area contributed by atoms with Crippen LogP contribution >= 0.6 is 22.9 Å². The van der Waals surface area contributed by atoms with Gasteiger partial charge < -0.3 is 5.11 Å². The van der Waals surface area contributed by atoms with Crippen molar-refractivity contribution in [2.45, 2.75) is 17.9 Å². The maximum absolute atomic E-state index is 12.2. The van der Waals surface area contributed by atoms with E-state index in [9.17, 15) is 13.5 Å². The van der Waals surface area contributed by atoms with Crippen molar-refractivity contribution in [1.29, 1.82) is 0 Å². The Balaban J connectivity index is 2.04. The minimum absolute atomic E-state index is 0.117. The molecule has 0 saturated carbocycles. The number of aliphatic hydroxyl groups excluding tert-OH is 1. The standard InChI is InChI=1S/C13H14ClNO3S2/c14-13-6-5-11(19-13)7-8-15-20(17,18)12-4-2-1-3-10(12)9-16/h1-6,15-16H,7-9H2. The fraction of sp³-hybridized carbons (Fsp3) is 0.231. The monoisotopic (exact) mass is 331 g/mol. The number of hydrogen-bond donors (Lipinski definition) is 2. The summed E-state index contributed by atoms with van der Waals surface area (Å²) in [6.07, 6.45) is 0.581. The lowest BCUT2D eigenvalue weighted by Crippen LogP contribution is -2.26. The van der Waals surface area contributed by atoms with Gasteiger partial charge in [0.05, 0.1) is 15.8 Å². The zero-order valence-electron chi connectivity index (χ0n) is 10.5. The quantitative estimate of drug-likeness (QED) is 0.854. The van der Waals surface area contributed by atoms with Crippen LogP contribution in [0.25, 0.3) is 0 Å². The fourth-order valence-corrected chi connectivity index (χ4v) is 4.12. The van der Waals surface area contributed by atoms with E-state index in [-0.39, 0.29) is 11.5 Å². The molecule has 0 radical (unpaired) electrons. The van der Waals surface area contributed by atoms with Gasteiger partial charge in [0.15, 0.2) is 0 Å². The van der Waals surface area contributed by atoms with Gasteiger partial charge in [-0.15, -0.1) is 11.3 Å². The second kappa shape index (κ2) is 6.69. The van der Waals surface area contributed by atoms with Gasteiger partial charge in [-0.3, -0.25) is 0 Å². The second-order valence-corrected chi connectivity index (χ2v) is 7.65. The van der Waals surface area contributed by atoms with Crippen LogP contribution in [0.1, 0.15) is 10.4 Å². The molecule has 1 aromatic carbocycles. The zero-order valence-corrected chi connectivity index (χ0v) is 12.9. The first-order valence-electron chi connectivity index (χ1n) is 5.95. The molecule has 0 aliphatic rings. The molecule has 0 fully saturated rings. The van der Waals surface area contributed by atoms with Gasteiger partial charge in [-0.2, -0.15) is 0 Å². The van der Waals surface area contributed by atoms with E-state index in [0.717, 1.165) is 4.88 Å². The van der Waals surface area contributed by atoms with Gasteiger partial charge >= 0.3 is 0 Å². The van der Waals surface area contributed by atoms with Gasteiger partial charge in [-0.1, -0.05) is 29.8 Å². The summed E-state index contributed by atoms with van der Waals surface area (Å²) in [5, 5.41) is 9.18. The van der Waals surface area contributed by atoms with E-state index >= 15 is 0 Å². The van der Waals surface area contributed by atoms with E-state index in [0.29, 0.717) is 22.9 Å². The lowest BCUT2D eigenvalue weighted by atomic mass is 10.2. The molecule has 0 amide bonds. The minimum atomic E-state index is -3.60. The molecular weight excluding hydrogens is 318 g/mol. The number of nitrogens with one attached hydrogen (secondary N) is 1. The van der Waals surface area contributed by atoms with Crippen LogP contribution in [0.3, 0.4) is 0 Å². The summed E-state index contributed by atoms with van der Waals surface area (Å²) in [7, 11) is -3.60. The molecule has 0 aliphatic heterocycles. The van der Waals surface area contributed by atoms with Crippen LogP contribution in [0.5, 0.6) is 0 Å². The molecule has 0 unspecified atom stereocenters. The molecule has 1 aromatic heterocycles. The molecule has 108 valence electrons. The van der Waals surface area contributed by atoms with Crippen molar-refractivity contribution >= 4 is 33.0 Å². The van der Waals surface area contributed by atoms with Crippen molar-refractivity contribution < 1.29 is 13.5 Å². The van der Waals surface area contributed by atoms with Crippen molar-refractivity contribution in [2.75, 3.05) is 6.54 Å². The third-order valence-corrected chi connectivity index (χ3v) is 5.58. The molecule has 0 bridgehead atoms. The SMILES string of the molecule is O=S(=O)(NCCc1ccc(Cl)s1)c1ccccc1CO. The van der Waals surface area contributed by atoms with Crippen LogP contribution in [0, 0.1) is 0 Å². The Morgan fingerprint density at radius 3 is 2.60 bits per heavy atom. The molecular formula is C13H14ClNO3S2. The molecule has 2 N–H and O–H groups in total. The van der Waals surface area contributed by atoms with Gasteiger partial charge in [0.1, 0.15) is 0 Å². The minimum Gasteiger partial charge on any atom is -0.392 e. The Morgan fingerprint density at radius 1 is 1.20 bits per heavy atom. The Hall–Kier alpha value is -0.920. The topological polar surface area (TPSA) is 66.4 Å². The Morgan fingerprint density at radius 2 is 1.95 bits per heavy atom. The van der Waals surface area contributed by atoms with E-state index < -0.39 is 10.0 Å². The smallest absolute Gasteiger partial charge is 0.240 e. The fourth-order valence-electron chi connectivity index (χ4n) is 1.77. The Bertz CT molecular complexity index is 682. The molecule has 2 aromatic rings. The van der Waals surface area contributed by atoms with Gasteiger partial charge in [0.25, 0.3) is 0 Å². The third-order valence-electron chi connectivity index (χ3n) is 2.72. The van der Waals surface area contributed by atoms with E-state index in [1.807, 2.05) is 6.07 Å². The Kier molecular flexibility index (Phi) is 5.17. The average molecular weight is 332 g/mol. The van der Waals surface area contributed by atoms with E-state index in [1.54, 1.807) is 24.3 Å². The first-order chi connectivity index (χ1) is 9.53. The van der Waals surface area contributed by atoms with Crippen molar-refractivity contribution in [3.63, 3.8) is 0 Å². The van der Waals surface area contributed by atoms with Crippen LogP contribution < -0.4 is 4.72 Å². The maximum atomic E-state index is 12.2. The van der Waals surface area contributed by atoms with Crippen LogP contribution in [-0.2, 0) is 23.1 Å². The van der Waals surface area contributed by atoms with Gasteiger partial charge in [0, 0.05) is 11.4 Å². The number of aliphatic hydroxyl groups is 1. The molecule has 4 nitrogen and oxygen atoms in total. The normalized spacial score (nSPS) is 11.7. The third kappa shape index (κ3) is 3.80. The number of thiophene rings is 1. The van der Waals surface area contributed by atoms with Gasteiger partial charge in [-0.05, 0) is 30.2 Å². The predicted octanol–water partition coefficient (Wildman–Crippen LogP) is 2.41. The van der Waals surface area contributed by atoms with E-state index in [4.69, 9.17) is 11.6 Å². The summed E-state index contributed by atoms with van der Waals surface area (Å²) in [5.41, 5.74) is 0.388. The van der Waals surface area contributed by atoms with E-state index in [1.165, 1.54) is 17.4 Å². The lowest BCUT2D eigenvalue weighted by Gasteiger charge is -2.09. The van der Waals surface area contributed by atoms with Crippen molar-refractivity contribution in [1.82, 2.24) is 4.72 Å². The summed E-state index contributed by atoms with van der Waals surface area (Å²) in [6.45, 7) is -0.0173. The number of rotatable bonds is 6. The summed E-state index contributed by atoms with van der Waals surface area (Å²) in [5.74, 6) is 0. The van der Waals surface area contributed by atoms with Crippen molar-refractivity contribution in [2.24, 2.45) is 0 Å². The average Bonchev–Trinajstić information content (AvgIpc) is 2.84. The number of hydrogen-bond acceptors (Lipinski definition) is 4. The summed E-state index contributed by atoms with van der Waals surface area (Å²) >= 11 is 7.25. The van der Waals surface area contributed by atoms with Crippen molar-refractivity contribution in [3.8, 4) is 0 Å². The number of sulfonamides is 1.